The van der Waals surface area contributed by atoms with Crippen LogP contribution in [0.3, 0.4) is 0 Å². The quantitative estimate of drug-likeness (QED) is 0.483. The Hall–Kier alpha value is -3.25. The minimum atomic E-state index is -4.08. The third-order valence-electron chi connectivity index (χ3n) is 5.76. The molecule has 2 aliphatic heterocycles. The summed E-state index contributed by atoms with van der Waals surface area (Å²) in [5.74, 6) is -0.404. The summed E-state index contributed by atoms with van der Waals surface area (Å²) in [6.45, 7) is 0.746. The minimum absolute atomic E-state index is 0.0129. The number of nitro benzene ring substituents is 1. The van der Waals surface area contributed by atoms with Gasteiger partial charge in [0.2, 0.25) is 15.9 Å². The fourth-order valence-corrected chi connectivity index (χ4v) is 5.71. The fourth-order valence-electron chi connectivity index (χ4n) is 4.13. The van der Waals surface area contributed by atoms with Crippen LogP contribution in [0.5, 0.6) is 0 Å². The van der Waals surface area contributed by atoms with Gasteiger partial charge in [0.25, 0.3) is 11.6 Å². The second-order valence-corrected chi connectivity index (χ2v) is 9.49. The monoisotopic (exact) mass is 462 g/mol. The molecule has 2 amide bonds. The molecule has 0 unspecified atom stereocenters. The number of nitro groups is 1. The van der Waals surface area contributed by atoms with E-state index in [1.54, 1.807) is 17.0 Å². The predicted octanol–water partition coefficient (Wildman–Crippen LogP) is 1.33. The Balaban J connectivity index is 1.44. The zero-order chi connectivity index (χ0) is 22.9. The molecule has 12 heteroatoms. The van der Waals surface area contributed by atoms with Crippen molar-refractivity contribution in [2.24, 2.45) is 0 Å². The molecular weight excluding hydrogens is 440 g/mol. The van der Waals surface area contributed by atoms with E-state index in [1.165, 1.54) is 29.4 Å². The minimum Gasteiger partial charge on any atom is -0.459 e. The Morgan fingerprint density at radius 1 is 1.03 bits per heavy atom. The van der Waals surface area contributed by atoms with E-state index in [1.807, 2.05) is 0 Å². The van der Waals surface area contributed by atoms with Crippen molar-refractivity contribution in [1.82, 2.24) is 14.1 Å². The molecule has 2 aliphatic rings. The lowest BCUT2D eigenvalue weighted by Crippen LogP contribution is -2.55. The number of sulfonamides is 1. The number of likely N-dealkylation sites (tertiary alicyclic amines) is 1. The first-order valence-corrected chi connectivity index (χ1v) is 11.6. The predicted molar refractivity (Wildman–Crippen MR) is 111 cm³/mol. The van der Waals surface area contributed by atoms with E-state index in [4.69, 9.17) is 4.42 Å². The molecule has 2 saturated heterocycles. The van der Waals surface area contributed by atoms with Gasteiger partial charge in [0.15, 0.2) is 10.7 Å². The summed E-state index contributed by atoms with van der Waals surface area (Å²) in [4.78, 5) is 38.9. The molecule has 0 saturated carbocycles. The molecule has 4 rings (SSSR count). The SMILES string of the molecule is O=C([C@@H]1CCCN1C(=O)c1ccco1)N1CCN(S(=O)(=O)c2ccccc2[N+](=O)[O-])CC1. The Labute approximate surface area is 184 Å². The number of rotatable bonds is 5. The zero-order valence-electron chi connectivity index (χ0n) is 17.1. The van der Waals surface area contributed by atoms with Crippen LogP contribution in [0.1, 0.15) is 23.4 Å². The number of para-hydroxylation sites is 1. The van der Waals surface area contributed by atoms with E-state index in [9.17, 15) is 28.1 Å². The number of hydrogen-bond acceptors (Lipinski definition) is 7. The zero-order valence-corrected chi connectivity index (χ0v) is 17.9. The molecule has 1 aromatic carbocycles. The number of hydrogen-bond donors (Lipinski definition) is 0. The molecule has 170 valence electrons. The van der Waals surface area contributed by atoms with Crippen molar-refractivity contribution in [1.29, 1.82) is 0 Å². The summed E-state index contributed by atoms with van der Waals surface area (Å²) in [5, 5.41) is 11.2. The number of carbonyl (C=O) groups excluding carboxylic acids is 2. The molecule has 0 radical (unpaired) electrons. The third kappa shape index (κ3) is 3.98. The first-order valence-electron chi connectivity index (χ1n) is 10.2. The van der Waals surface area contributed by atoms with Crippen molar-refractivity contribution in [2.75, 3.05) is 32.7 Å². The number of benzene rings is 1. The highest BCUT2D eigenvalue weighted by atomic mass is 32.2. The van der Waals surface area contributed by atoms with Gasteiger partial charge in [-0.15, -0.1) is 0 Å². The molecule has 32 heavy (non-hydrogen) atoms. The summed E-state index contributed by atoms with van der Waals surface area (Å²) < 4.78 is 32.3. The molecular formula is C20H22N4O7S. The maximum Gasteiger partial charge on any atom is 0.290 e. The topological polar surface area (TPSA) is 134 Å². The second-order valence-electron chi connectivity index (χ2n) is 7.59. The Kier molecular flexibility index (Phi) is 5.98. The van der Waals surface area contributed by atoms with Crippen LogP contribution in [-0.4, -0.2) is 78.0 Å². The smallest absolute Gasteiger partial charge is 0.290 e. The average molecular weight is 462 g/mol. The lowest BCUT2D eigenvalue weighted by Gasteiger charge is -2.36. The molecule has 1 aromatic heterocycles. The molecule has 2 fully saturated rings. The maximum absolute atomic E-state index is 13.1. The lowest BCUT2D eigenvalue weighted by molar-refractivity contribution is -0.387. The van der Waals surface area contributed by atoms with E-state index in [0.29, 0.717) is 19.4 Å². The first-order chi connectivity index (χ1) is 15.3. The van der Waals surface area contributed by atoms with E-state index >= 15 is 0 Å². The van der Waals surface area contributed by atoms with Crippen LogP contribution >= 0.6 is 0 Å². The third-order valence-corrected chi connectivity index (χ3v) is 7.71. The van der Waals surface area contributed by atoms with Gasteiger partial charge in [-0.05, 0) is 31.0 Å². The average Bonchev–Trinajstić information content (AvgIpc) is 3.50. The van der Waals surface area contributed by atoms with Crippen molar-refractivity contribution in [3.8, 4) is 0 Å². The largest absolute Gasteiger partial charge is 0.459 e. The summed E-state index contributed by atoms with van der Waals surface area (Å²) in [6.07, 6.45) is 2.62. The van der Waals surface area contributed by atoms with Crippen LogP contribution in [-0.2, 0) is 14.8 Å². The van der Waals surface area contributed by atoms with Gasteiger partial charge in [-0.2, -0.15) is 4.31 Å². The van der Waals surface area contributed by atoms with Crippen LogP contribution in [0.4, 0.5) is 5.69 Å². The summed E-state index contributed by atoms with van der Waals surface area (Å²) >= 11 is 0. The van der Waals surface area contributed by atoms with Crippen molar-refractivity contribution >= 4 is 27.5 Å². The van der Waals surface area contributed by atoms with Crippen LogP contribution in [0.2, 0.25) is 0 Å². The van der Waals surface area contributed by atoms with Crippen molar-refractivity contribution < 1.29 is 27.3 Å². The van der Waals surface area contributed by atoms with Crippen LogP contribution < -0.4 is 0 Å². The van der Waals surface area contributed by atoms with Gasteiger partial charge < -0.3 is 14.2 Å². The number of nitrogens with zero attached hydrogens (tertiary/aromatic N) is 4. The summed E-state index contributed by atoms with van der Waals surface area (Å²) in [5.41, 5.74) is -0.482. The van der Waals surface area contributed by atoms with E-state index in [0.717, 1.165) is 10.4 Å². The Bertz CT molecular complexity index is 1120. The number of amides is 2. The van der Waals surface area contributed by atoms with Gasteiger partial charge in [0.1, 0.15) is 6.04 Å². The van der Waals surface area contributed by atoms with Gasteiger partial charge in [-0.25, -0.2) is 8.42 Å². The summed E-state index contributed by atoms with van der Waals surface area (Å²) in [7, 11) is -4.08. The molecule has 0 spiro atoms. The Morgan fingerprint density at radius 2 is 1.75 bits per heavy atom. The van der Waals surface area contributed by atoms with Gasteiger partial charge in [0.05, 0.1) is 11.2 Å². The highest BCUT2D eigenvalue weighted by Gasteiger charge is 2.40. The first kappa shape index (κ1) is 22.0. The van der Waals surface area contributed by atoms with Crippen molar-refractivity contribution in [2.45, 2.75) is 23.8 Å². The van der Waals surface area contributed by atoms with Gasteiger partial charge in [-0.3, -0.25) is 19.7 Å². The van der Waals surface area contributed by atoms with Crippen molar-refractivity contribution in [3.63, 3.8) is 0 Å². The Morgan fingerprint density at radius 3 is 2.41 bits per heavy atom. The lowest BCUT2D eigenvalue weighted by atomic mass is 10.1. The highest BCUT2D eigenvalue weighted by molar-refractivity contribution is 7.89. The number of piperazine rings is 1. The van der Waals surface area contributed by atoms with E-state index in [2.05, 4.69) is 0 Å². The molecule has 0 bridgehead atoms. The molecule has 0 N–H and O–H groups in total. The van der Waals surface area contributed by atoms with Crippen LogP contribution in [0.25, 0.3) is 0 Å². The fraction of sp³-hybridized carbons (Fsp3) is 0.400. The molecule has 3 heterocycles. The molecule has 0 aliphatic carbocycles. The normalized spacial score (nSPS) is 19.8. The highest BCUT2D eigenvalue weighted by Crippen LogP contribution is 2.28. The summed E-state index contributed by atoms with van der Waals surface area (Å²) in [6, 6.07) is 7.74. The molecule has 1 atom stereocenters. The van der Waals surface area contributed by atoms with Gasteiger partial charge in [0, 0.05) is 38.8 Å². The van der Waals surface area contributed by atoms with Gasteiger partial charge >= 0.3 is 0 Å². The van der Waals surface area contributed by atoms with E-state index < -0.39 is 26.7 Å². The standard InChI is InChI=1S/C20H22N4O7S/c25-19(16-6-3-9-23(16)20(26)17-7-4-14-31-17)21-10-12-22(13-11-21)32(29,30)18-8-2-1-5-15(18)24(27)28/h1-2,4-5,7-8,14,16H,3,6,9-13H2/t16-/m0/s1. The van der Waals surface area contributed by atoms with Crippen molar-refractivity contribution in [3.05, 3.63) is 58.5 Å². The van der Waals surface area contributed by atoms with E-state index in [-0.39, 0.29) is 48.6 Å². The number of carbonyl (C=O) groups is 2. The van der Waals surface area contributed by atoms with Crippen LogP contribution in [0.15, 0.2) is 52.0 Å². The molecule has 11 nitrogen and oxygen atoms in total. The number of furan rings is 1. The van der Waals surface area contributed by atoms with Crippen LogP contribution in [0, 0.1) is 10.1 Å². The van der Waals surface area contributed by atoms with Gasteiger partial charge in [-0.1, -0.05) is 12.1 Å². The maximum atomic E-state index is 13.1. The second kappa shape index (κ2) is 8.71. The molecule has 2 aromatic rings.